The molecule has 0 bridgehead atoms. The highest BCUT2D eigenvalue weighted by Crippen LogP contribution is 2.25. The minimum absolute atomic E-state index is 0.452. The average molecular weight is 193 g/mol. The highest BCUT2D eigenvalue weighted by atomic mass is 32.1. The lowest BCUT2D eigenvalue weighted by Gasteiger charge is -2.01. The first-order valence-corrected chi connectivity index (χ1v) is 5.00. The van der Waals surface area contributed by atoms with Crippen LogP contribution in [0.5, 0.6) is 0 Å². The van der Waals surface area contributed by atoms with E-state index in [4.69, 9.17) is 5.73 Å². The molecule has 2 heterocycles. The summed E-state index contributed by atoms with van der Waals surface area (Å²) in [6.45, 7) is 4.25. The summed E-state index contributed by atoms with van der Waals surface area (Å²) in [6.07, 6.45) is 1.79. The highest BCUT2D eigenvalue weighted by molar-refractivity contribution is 7.22. The number of anilines is 1. The van der Waals surface area contributed by atoms with Crippen LogP contribution in [0.3, 0.4) is 0 Å². The number of thiazole rings is 1. The van der Waals surface area contributed by atoms with E-state index in [-0.39, 0.29) is 0 Å². The SMILES string of the molecule is CC(C)c1cc2sc(N)nc2cn1. The Hall–Kier alpha value is -1.16. The van der Waals surface area contributed by atoms with E-state index < -0.39 is 0 Å². The summed E-state index contributed by atoms with van der Waals surface area (Å²) in [5.74, 6) is 0.452. The fourth-order valence-corrected chi connectivity index (χ4v) is 1.93. The van der Waals surface area contributed by atoms with Crippen molar-refractivity contribution in [2.45, 2.75) is 19.8 Å². The molecule has 0 aromatic carbocycles. The van der Waals surface area contributed by atoms with Crippen LogP contribution in [0.4, 0.5) is 5.13 Å². The Balaban J connectivity index is 2.61. The topological polar surface area (TPSA) is 51.8 Å². The van der Waals surface area contributed by atoms with Crippen molar-refractivity contribution in [2.24, 2.45) is 0 Å². The quantitative estimate of drug-likeness (QED) is 0.756. The summed E-state index contributed by atoms with van der Waals surface area (Å²) < 4.78 is 1.12. The molecule has 2 aromatic rings. The predicted molar refractivity (Wildman–Crippen MR) is 55.9 cm³/mol. The minimum Gasteiger partial charge on any atom is -0.375 e. The Morgan fingerprint density at radius 3 is 2.92 bits per heavy atom. The molecule has 2 rings (SSSR count). The lowest BCUT2D eigenvalue weighted by molar-refractivity contribution is 0.826. The number of rotatable bonds is 1. The standard InChI is InChI=1S/C9H11N3S/c1-5(2)6-3-8-7(4-11-6)12-9(10)13-8/h3-5H,1-2H3,(H2,10,12). The molecule has 0 atom stereocenters. The fraction of sp³-hybridized carbons (Fsp3) is 0.333. The van der Waals surface area contributed by atoms with Crippen molar-refractivity contribution in [3.05, 3.63) is 18.0 Å². The molecule has 2 N–H and O–H groups in total. The Labute approximate surface area is 80.6 Å². The maximum absolute atomic E-state index is 5.60. The van der Waals surface area contributed by atoms with Crippen LogP contribution in [0.15, 0.2) is 12.3 Å². The molecule has 0 unspecified atom stereocenters. The van der Waals surface area contributed by atoms with E-state index in [1.807, 2.05) is 0 Å². The van der Waals surface area contributed by atoms with Gasteiger partial charge in [-0.1, -0.05) is 25.2 Å². The van der Waals surface area contributed by atoms with Gasteiger partial charge < -0.3 is 5.73 Å². The third-order valence-corrected chi connectivity index (χ3v) is 2.75. The number of aromatic nitrogens is 2. The molecule has 0 fully saturated rings. The van der Waals surface area contributed by atoms with Gasteiger partial charge in [0.2, 0.25) is 0 Å². The molecule has 0 aliphatic carbocycles. The average Bonchev–Trinajstić information content (AvgIpc) is 2.42. The van der Waals surface area contributed by atoms with Crippen LogP contribution < -0.4 is 5.73 Å². The number of hydrogen-bond acceptors (Lipinski definition) is 4. The zero-order valence-corrected chi connectivity index (χ0v) is 8.43. The zero-order chi connectivity index (χ0) is 9.42. The maximum Gasteiger partial charge on any atom is 0.181 e. The molecule has 13 heavy (non-hydrogen) atoms. The summed E-state index contributed by atoms with van der Waals surface area (Å²) in [4.78, 5) is 8.46. The number of nitrogens with two attached hydrogens (primary N) is 1. The van der Waals surface area contributed by atoms with E-state index in [1.165, 1.54) is 11.3 Å². The molecule has 0 saturated heterocycles. The van der Waals surface area contributed by atoms with Gasteiger partial charge in [-0.05, 0) is 12.0 Å². The van der Waals surface area contributed by atoms with Crippen LogP contribution in [-0.4, -0.2) is 9.97 Å². The predicted octanol–water partition coefficient (Wildman–Crippen LogP) is 2.40. The second-order valence-corrected chi connectivity index (χ2v) is 4.35. The molecule has 0 amide bonds. The number of nitrogens with zero attached hydrogens (tertiary/aromatic N) is 2. The zero-order valence-electron chi connectivity index (χ0n) is 7.61. The smallest absolute Gasteiger partial charge is 0.181 e. The van der Waals surface area contributed by atoms with Gasteiger partial charge in [0.05, 0.1) is 10.9 Å². The van der Waals surface area contributed by atoms with E-state index in [1.54, 1.807) is 6.20 Å². The Kier molecular flexibility index (Phi) is 1.92. The monoisotopic (exact) mass is 193 g/mol. The van der Waals surface area contributed by atoms with Gasteiger partial charge in [0.25, 0.3) is 0 Å². The van der Waals surface area contributed by atoms with E-state index in [9.17, 15) is 0 Å². The van der Waals surface area contributed by atoms with Gasteiger partial charge in [0, 0.05) is 5.69 Å². The third-order valence-electron chi connectivity index (χ3n) is 1.90. The molecular weight excluding hydrogens is 182 g/mol. The number of fused-ring (bicyclic) bond motifs is 1. The molecule has 0 aliphatic rings. The molecule has 0 spiro atoms. The molecule has 2 aromatic heterocycles. The van der Waals surface area contributed by atoms with E-state index in [0.29, 0.717) is 11.0 Å². The first kappa shape index (κ1) is 8.44. The second kappa shape index (κ2) is 2.96. The summed E-state index contributed by atoms with van der Waals surface area (Å²) in [7, 11) is 0. The Bertz CT molecular complexity index is 433. The molecule has 0 aliphatic heterocycles. The summed E-state index contributed by atoms with van der Waals surface area (Å²) in [6, 6.07) is 2.06. The van der Waals surface area contributed by atoms with Gasteiger partial charge in [-0.2, -0.15) is 0 Å². The van der Waals surface area contributed by atoms with Gasteiger partial charge in [-0.15, -0.1) is 0 Å². The molecule has 0 saturated carbocycles. The Morgan fingerprint density at radius 1 is 1.46 bits per heavy atom. The summed E-state index contributed by atoms with van der Waals surface area (Å²) in [5.41, 5.74) is 7.59. The third kappa shape index (κ3) is 1.49. The minimum atomic E-state index is 0.452. The number of nitrogen functional groups attached to an aromatic ring is 1. The largest absolute Gasteiger partial charge is 0.375 e. The molecule has 4 heteroatoms. The molecule has 3 nitrogen and oxygen atoms in total. The highest BCUT2D eigenvalue weighted by Gasteiger charge is 2.05. The lowest BCUT2D eigenvalue weighted by atomic mass is 10.1. The van der Waals surface area contributed by atoms with Crippen molar-refractivity contribution in [2.75, 3.05) is 5.73 Å². The van der Waals surface area contributed by atoms with Crippen molar-refractivity contribution < 1.29 is 0 Å². The van der Waals surface area contributed by atoms with Crippen LogP contribution in [0.1, 0.15) is 25.5 Å². The molecule has 68 valence electrons. The van der Waals surface area contributed by atoms with E-state index in [0.717, 1.165) is 15.9 Å². The first-order chi connectivity index (χ1) is 6.16. The molecular formula is C9H11N3S. The maximum atomic E-state index is 5.60. The van der Waals surface area contributed by atoms with Crippen LogP contribution in [0.25, 0.3) is 10.2 Å². The lowest BCUT2D eigenvalue weighted by Crippen LogP contribution is -1.90. The fourth-order valence-electron chi connectivity index (χ4n) is 1.18. The van der Waals surface area contributed by atoms with Gasteiger partial charge in [-0.25, -0.2) is 4.98 Å². The van der Waals surface area contributed by atoms with Crippen molar-refractivity contribution in [3.8, 4) is 0 Å². The van der Waals surface area contributed by atoms with Crippen LogP contribution in [-0.2, 0) is 0 Å². The first-order valence-electron chi connectivity index (χ1n) is 4.19. The van der Waals surface area contributed by atoms with Gasteiger partial charge in [-0.3, -0.25) is 4.98 Å². The van der Waals surface area contributed by atoms with Crippen molar-refractivity contribution in [3.63, 3.8) is 0 Å². The van der Waals surface area contributed by atoms with Crippen LogP contribution >= 0.6 is 11.3 Å². The summed E-state index contributed by atoms with van der Waals surface area (Å²) >= 11 is 1.51. The normalized spacial score (nSPS) is 11.3. The van der Waals surface area contributed by atoms with Gasteiger partial charge in [0.15, 0.2) is 5.13 Å². The second-order valence-electron chi connectivity index (χ2n) is 3.28. The van der Waals surface area contributed by atoms with E-state index in [2.05, 4.69) is 29.9 Å². The number of pyridine rings is 1. The van der Waals surface area contributed by atoms with Gasteiger partial charge in [0.1, 0.15) is 5.52 Å². The summed E-state index contributed by atoms with van der Waals surface area (Å²) in [5, 5.41) is 0.609. The number of hydrogen-bond donors (Lipinski definition) is 1. The van der Waals surface area contributed by atoms with Crippen molar-refractivity contribution in [1.82, 2.24) is 9.97 Å². The van der Waals surface area contributed by atoms with Crippen molar-refractivity contribution >= 4 is 26.7 Å². The van der Waals surface area contributed by atoms with Crippen LogP contribution in [0, 0.1) is 0 Å². The van der Waals surface area contributed by atoms with Gasteiger partial charge >= 0.3 is 0 Å². The Morgan fingerprint density at radius 2 is 2.23 bits per heavy atom. The molecule has 0 radical (unpaired) electrons. The van der Waals surface area contributed by atoms with E-state index >= 15 is 0 Å². The van der Waals surface area contributed by atoms with Crippen molar-refractivity contribution in [1.29, 1.82) is 0 Å². The van der Waals surface area contributed by atoms with Crippen LogP contribution in [0.2, 0.25) is 0 Å².